The summed E-state index contributed by atoms with van der Waals surface area (Å²) in [4.78, 5) is 2.66. The molecule has 206 valence electrons. The molecular weight excluding hydrogens is 508 g/mol. The maximum atomic E-state index is 7.42. The minimum atomic E-state index is -0.293. The fourth-order valence-corrected chi connectivity index (χ4v) is 6.16. The summed E-state index contributed by atoms with van der Waals surface area (Å²) >= 11 is 0. The van der Waals surface area contributed by atoms with Crippen LogP contribution in [0.5, 0.6) is 0 Å². The van der Waals surface area contributed by atoms with Crippen LogP contribution in [-0.2, 0) is 0 Å². The summed E-state index contributed by atoms with van der Waals surface area (Å²) in [5, 5.41) is 0. The third kappa shape index (κ3) is 5.96. The minimum absolute atomic E-state index is 0.0854. The lowest BCUT2D eigenvalue weighted by Crippen LogP contribution is -2.42. The van der Waals surface area contributed by atoms with Gasteiger partial charge in [0.05, 0.1) is 18.1 Å². The van der Waals surface area contributed by atoms with Crippen LogP contribution in [-0.4, -0.2) is 4.90 Å². The maximum Gasteiger partial charge on any atom is 0.0617 e. The van der Waals surface area contributed by atoms with Crippen molar-refractivity contribution in [2.75, 3.05) is 0 Å². The van der Waals surface area contributed by atoms with Gasteiger partial charge in [0.25, 0.3) is 0 Å². The molecule has 2 unspecified atom stereocenters. The van der Waals surface area contributed by atoms with Crippen molar-refractivity contribution in [3.8, 4) is 0 Å². The van der Waals surface area contributed by atoms with E-state index in [1.54, 1.807) is 0 Å². The Kier molecular flexibility index (Phi) is 8.66. The molecule has 42 heavy (non-hydrogen) atoms. The van der Waals surface area contributed by atoms with E-state index in [2.05, 4.69) is 187 Å². The standard InChI is InChI=1S/C40H36N2/c41-37(31-19-7-1-8-20-31)40(36-29-17-6-18-30-36)42(38(32-21-9-2-10-22-32)33-23-11-3-12-24-33)39(34-25-13-4-14-26-34)35-27-15-5-16-28-35/h1-30,37-40H,41H2. The van der Waals surface area contributed by atoms with Gasteiger partial charge in [0, 0.05) is 6.04 Å². The van der Waals surface area contributed by atoms with E-state index in [4.69, 9.17) is 5.73 Å². The first-order valence-corrected chi connectivity index (χ1v) is 14.6. The first kappa shape index (κ1) is 27.4. The molecule has 2 nitrogen and oxygen atoms in total. The molecule has 0 radical (unpaired) electrons. The molecular formula is C40H36N2. The van der Waals surface area contributed by atoms with Crippen LogP contribution in [0.2, 0.25) is 0 Å². The van der Waals surface area contributed by atoms with Crippen molar-refractivity contribution in [1.82, 2.24) is 4.90 Å². The predicted molar refractivity (Wildman–Crippen MR) is 174 cm³/mol. The molecule has 0 aromatic heterocycles. The Morgan fingerprint density at radius 3 is 0.833 bits per heavy atom. The third-order valence-corrected chi connectivity index (χ3v) is 8.04. The van der Waals surface area contributed by atoms with E-state index < -0.39 is 0 Å². The molecule has 0 saturated carbocycles. The van der Waals surface area contributed by atoms with Gasteiger partial charge in [-0.2, -0.15) is 0 Å². The van der Waals surface area contributed by atoms with E-state index in [0.717, 1.165) is 5.56 Å². The van der Waals surface area contributed by atoms with Gasteiger partial charge in [-0.3, -0.25) is 4.90 Å². The fourth-order valence-electron chi connectivity index (χ4n) is 6.16. The molecule has 0 aliphatic carbocycles. The van der Waals surface area contributed by atoms with Crippen LogP contribution in [0, 0.1) is 0 Å². The monoisotopic (exact) mass is 544 g/mol. The zero-order valence-corrected chi connectivity index (χ0v) is 23.7. The average Bonchev–Trinajstić information content (AvgIpc) is 3.08. The minimum Gasteiger partial charge on any atom is -0.322 e. The molecule has 2 atom stereocenters. The first-order valence-electron chi connectivity index (χ1n) is 14.6. The van der Waals surface area contributed by atoms with Gasteiger partial charge in [-0.15, -0.1) is 0 Å². The van der Waals surface area contributed by atoms with Gasteiger partial charge in [-0.05, 0) is 33.4 Å². The summed E-state index contributed by atoms with van der Waals surface area (Å²) in [7, 11) is 0. The molecule has 0 bridgehead atoms. The molecule has 0 aliphatic heterocycles. The van der Waals surface area contributed by atoms with Crippen molar-refractivity contribution in [2.45, 2.75) is 24.2 Å². The zero-order valence-electron chi connectivity index (χ0n) is 23.7. The number of hydrogen-bond acceptors (Lipinski definition) is 2. The highest BCUT2D eigenvalue weighted by atomic mass is 15.2. The smallest absolute Gasteiger partial charge is 0.0617 e. The Morgan fingerprint density at radius 2 is 0.548 bits per heavy atom. The molecule has 6 aromatic rings. The summed E-state index contributed by atoms with van der Waals surface area (Å²) in [5.74, 6) is 0. The van der Waals surface area contributed by atoms with Gasteiger partial charge in [0.1, 0.15) is 0 Å². The van der Waals surface area contributed by atoms with E-state index >= 15 is 0 Å². The molecule has 0 fully saturated rings. The van der Waals surface area contributed by atoms with Crippen LogP contribution >= 0.6 is 0 Å². The Labute approximate surface area is 249 Å². The molecule has 2 heteroatoms. The number of benzene rings is 6. The zero-order chi connectivity index (χ0) is 28.6. The molecule has 0 heterocycles. The lowest BCUT2D eigenvalue weighted by molar-refractivity contribution is 0.0963. The number of nitrogens with two attached hydrogens (primary N) is 1. The number of hydrogen-bond donors (Lipinski definition) is 1. The quantitative estimate of drug-likeness (QED) is 0.186. The van der Waals surface area contributed by atoms with Gasteiger partial charge in [0.15, 0.2) is 0 Å². The van der Waals surface area contributed by atoms with Crippen molar-refractivity contribution < 1.29 is 0 Å². The lowest BCUT2D eigenvalue weighted by Gasteiger charge is -2.46. The van der Waals surface area contributed by atoms with Gasteiger partial charge in [-0.25, -0.2) is 0 Å². The van der Waals surface area contributed by atoms with Gasteiger partial charge >= 0.3 is 0 Å². The SMILES string of the molecule is NC(c1ccccc1)C(c1ccccc1)N(C(c1ccccc1)c1ccccc1)C(c1ccccc1)c1ccccc1. The van der Waals surface area contributed by atoms with Crippen molar-refractivity contribution in [3.05, 3.63) is 215 Å². The summed E-state index contributed by atoms with van der Waals surface area (Å²) in [6, 6.07) is 64.1. The Balaban J connectivity index is 1.68. The summed E-state index contributed by atoms with van der Waals surface area (Å²) in [6.45, 7) is 0. The number of rotatable bonds is 10. The van der Waals surface area contributed by atoms with Gasteiger partial charge < -0.3 is 5.73 Å². The van der Waals surface area contributed by atoms with Crippen molar-refractivity contribution in [1.29, 1.82) is 0 Å². The Hall–Kier alpha value is -4.76. The molecule has 0 amide bonds. The predicted octanol–water partition coefficient (Wildman–Crippen LogP) is 9.31. The highest BCUT2D eigenvalue weighted by Crippen LogP contribution is 2.48. The van der Waals surface area contributed by atoms with E-state index in [9.17, 15) is 0 Å². The van der Waals surface area contributed by atoms with Crippen LogP contribution in [0.15, 0.2) is 182 Å². The maximum absolute atomic E-state index is 7.42. The van der Waals surface area contributed by atoms with Crippen molar-refractivity contribution in [3.63, 3.8) is 0 Å². The third-order valence-electron chi connectivity index (χ3n) is 8.04. The molecule has 6 aromatic carbocycles. The first-order chi connectivity index (χ1) is 20.8. The summed E-state index contributed by atoms with van der Waals surface area (Å²) in [5.41, 5.74) is 14.6. The van der Waals surface area contributed by atoms with E-state index in [1.807, 2.05) is 0 Å². The van der Waals surface area contributed by atoms with Crippen LogP contribution in [0.4, 0.5) is 0 Å². The normalized spacial score (nSPS) is 12.9. The van der Waals surface area contributed by atoms with Gasteiger partial charge in [-0.1, -0.05) is 182 Å². The second-order valence-corrected chi connectivity index (χ2v) is 10.7. The fraction of sp³-hybridized carbons (Fsp3) is 0.100. The van der Waals surface area contributed by atoms with Crippen LogP contribution in [0.1, 0.15) is 57.5 Å². The molecule has 2 N–H and O–H groups in total. The second-order valence-electron chi connectivity index (χ2n) is 10.7. The largest absolute Gasteiger partial charge is 0.322 e. The summed E-state index contributed by atoms with van der Waals surface area (Å²) < 4.78 is 0. The van der Waals surface area contributed by atoms with Crippen molar-refractivity contribution in [2.24, 2.45) is 5.73 Å². The van der Waals surface area contributed by atoms with E-state index in [1.165, 1.54) is 27.8 Å². The average molecular weight is 545 g/mol. The molecule has 0 saturated heterocycles. The van der Waals surface area contributed by atoms with Crippen molar-refractivity contribution >= 4 is 0 Å². The molecule has 0 spiro atoms. The Bertz CT molecular complexity index is 1460. The van der Waals surface area contributed by atoms with E-state index in [-0.39, 0.29) is 24.2 Å². The second kappa shape index (κ2) is 13.3. The highest BCUT2D eigenvalue weighted by Gasteiger charge is 2.40. The number of nitrogens with zero attached hydrogens (tertiary/aromatic N) is 1. The van der Waals surface area contributed by atoms with Crippen LogP contribution in [0.25, 0.3) is 0 Å². The molecule has 0 aliphatic rings. The van der Waals surface area contributed by atoms with Crippen LogP contribution < -0.4 is 5.73 Å². The molecule has 6 rings (SSSR count). The van der Waals surface area contributed by atoms with E-state index in [0.29, 0.717) is 0 Å². The topological polar surface area (TPSA) is 29.3 Å². The van der Waals surface area contributed by atoms with Gasteiger partial charge in [0.2, 0.25) is 0 Å². The highest BCUT2D eigenvalue weighted by molar-refractivity contribution is 5.40. The van der Waals surface area contributed by atoms with Crippen LogP contribution in [0.3, 0.4) is 0 Å². The lowest BCUT2D eigenvalue weighted by atomic mass is 9.84. The Morgan fingerprint density at radius 1 is 0.310 bits per heavy atom. The summed E-state index contributed by atoms with van der Waals surface area (Å²) in [6.07, 6.45) is 0.